The van der Waals surface area contributed by atoms with Gasteiger partial charge in [0, 0.05) is 31.1 Å². The van der Waals surface area contributed by atoms with Crippen LogP contribution in [0.3, 0.4) is 0 Å². The lowest BCUT2D eigenvalue weighted by Crippen LogP contribution is -2.50. The van der Waals surface area contributed by atoms with E-state index in [0.29, 0.717) is 18.8 Å². The highest BCUT2D eigenvalue weighted by molar-refractivity contribution is 8.00. The van der Waals surface area contributed by atoms with E-state index in [0.717, 1.165) is 22.6 Å². The predicted octanol–water partition coefficient (Wildman–Crippen LogP) is 3.41. The number of halogens is 2. The Morgan fingerprint density at radius 1 is 1.14 bits per heavy atom. The second-order valence-corrected chi connectivity index (χ2v) is 9.86. The Bertz CT molecular complexity index is 977. The Balaban J connectivity index is 1.57. The Morgan fingerprint density at radius 2 is 1.86 bits per heavy atom. The van der Waals surface area contributed by atoms with Crippen molar-refractivity contribution in [2.24, 2.45) is 0 Å². The summed E-state index contributed by atoms with van der Waals surface area (Å²) < 4.78 is 40.0. The van der Waals surface area contributed by atoms with Crippen LogP contribution < -0.4 is 0 Å². The lowest BCUT2D eigenvalue weighted by molar-refractivity contribution is -0.129. The van der Waals surface area contributed by atoms with Gasteiger partial charge in [-0.25, -0.2) is 12.8 Å². The summed E-state index contributed by atoms with van der Waals surface area (Å²) in [7, 11) is -3.77. The molecule has 0 radical (unpaired) electrons. The van der Waals surface area contributed by atoms with E-state index in [9.17, 15) is 17.6 Å². The first kappa shape index (κ1) is 21.1. The summed E-state index contributed by atoms with van der Waals surface area (Å²) in [5.74, 6) is -0.375. The van der Waals surface area contributed by atoms with Gasteiger partial charge >= 0.3 is 0 Å². The Hall–Kier alpha value is -1.61. The molecule has 0 aromatic heterocycles. The van der Waals surface area contributed by atoms with Gasteiger partial charge in [0.05, 0.1) is 15.7 Å². The highest BCUT2D eigenvalue weighted by Gasteiger charge is 2.30. The highest BCUT2D eigenvalue weighted by atomic mass is 35.5. The van der Waals surface area contributed by atoms with E-state index in [-0.39, 0.29) is 28.9 Å². The van der Waals surface area contributed by atoms with Crippen molar-refractivity contribution in [3.8, 4) is 0 Å². The molecule has 0 N–H and O–H groups in total. The third kappa shape index (κ3) is 4.86. The average Bonchev–Trinajstić information content (AvgIpc) is 2.68. The SMILES string of the molecule is Cc1cccc(SCC(=O)N2CCN(S(=O)(=O)c3ccc(F)c(Cl)c3)CC2)c1. The molecule has 28 heavy (non-hydrogen) atoms. The first-order chi connectivity index (χ1) is 13.3. The van der Waals surface area contributed by atoms with Crippen LogP contribution in [-0.2, 0) is 14.8 Å². The maximum absolute atomic E-state index is 13.3. The topological polar surface area (TPSA) is 57.7 Å². The van der Waals surface area contributed by atoms with Crippen LogP contribution >= 0.6 is 23.4 Å². The highest BCUT2D eigenvalue weighted by Crippen LogP contribution is 2.24. The molecule has 1 aliphatic rings. The van der Waals surface area contributed by atoms with E-state index in [1.807, 2.05) is 31.2 Å². The smallest absolute Gasteiger partial charge is 0.243 e. The normalized spacial score (nSPS) is 15.6. The minimum Gasteiger partial charge on any atom is -0.339 e. The molecule has 2 aromatic rings. The Morgan fingerprint density at radius 3 is 2.50 bits per heavy atom. The van der Waals surface area contributed by atoms with Gasteiger partial charge < -0.3 is 4.90 Å². The second-order valence-electron chi connectivity index (χ2n) is 6.47. The average molecular weight is 443 g/mol. The predicted molar refractivity (Wildman–Crippen MR) is 109 cm³/mol. The maximum atomic E-state index is 13.3. The van der Waals surface area contributed by atoms with E-state index in [2.05, 4.69) is 0 Å². The van der Waals surface area contributed by atoms with Crippen molar-refractivity contribution in [3.63, 3.8) is 0 Å². The van der Waals surface area contributed by atoms with Gasteiger partial charge in [-0.2, -0.15) is 4.31 Å². The molecule has 0 spiro atoms. The molecule has 1 saturated heterocycles. The fourth-order valence-corrected chi connectivity index (χ4v) is 5.52. The number of thioether (sulfide) groups is 1. The van der Waals surface area contributed by atoms with Gasteiger partial charge in [-0.15, -0.1) is 11.8 Å². The van der Waals surface area contributed by atoms with Crippen LogP contribution in [0.1, 0.15) is 5.56 Å². The van der Waals surface area contributed by atoms with Crippen LogP contribution in [0.4, 0.5) is 4.39 Å². The summed E-state index contributed by atoms with van der Waals surface area (Å²) >= 11 is 7.17. The van der Waals surface area contributed by atoms with Crippen molar-refractivity contribution in [3.05, 3.63) is 58.9 Å². The van der Waals surface area contributed by atoms with Crippen molar-refractivity contribution in [1.29, 1.82) is 0 Å². The molecule has 1 aliphatic heterocycles. The number of nitrogens with zero attached hydrogens (tertiary/aromatic N) is 2. The van der Waals surface area contributed by atoms with Crippen molar-refractivity contribution in [1.82, 2.24) is 9.21 Å². The summed E-state index contributed by atoms with van der Waals surface area (Å²) in [5, 5.41) is -0.233. The first-order valence-electron chi connectivity index (χ1n) is 8.70. The zero-order valence-corrected chi connectivity index (χ0v) is 17.7. The zero-order valence-electron chi connectivity index (χ0n) is 15.3. The molecule has 3 rings (SSSR count). The largest absolute Gasteiger partial charge is 0.339 e. The molecule has 9 heteroatoms. The van der Waals surface area contributed by atoms with Crippen LogP contribution in [0, 0.1) is 12.7 Å². The van der Waals surface area contributed by atoms with E-state index in [4.69, 9.17) is 11.6 Å². The molecule has 0 saturated carbocycles. The van der Waals surface area contributed by atoms with Crippen LogP contribution in [0.5, 0.6) is 0 Å². The van der Waals surface area contributed by atoms with Gasteiger partial charge in [-0.1, -0.05) is 29.3 Å². The minimum atomic E-state index is -3.77. The lowest BCUT2D eigenvalue weighted by Gasteiger charge is -2.34. The van der Waals surface area contributed by atoms with Crippen LogP contribution in [0.2, 0.25) is 5.02 Å². The van der Waals surface area contributed by atoms with E-state index < -0.39 is 15.8 Å². The standard InChI is InChI=1S/C19H20ClFN2O3S2/c1-14-3-2-4-15(11-14)27-13-19(24)22-7-9-23(10-8-22)28(25,26)16-5-6-18(21)17(20)12-16/h2-6,11-12H,7-10,13H2,1H3. The molecule has 1 heterocycles. The van der Waals surface area contributed by atoms with Gasteiger partial charge in [-0.05, 0) is 37.3 Å². The minimum absolute atomic E-state index is 0.0200. The molecular weight excluding hydrogens is 423 g/mol. The second kappa shape index (κ2) is 8.82. The van der Waals surface area contributed by atoms with Gasteiger partial charge in [0.2, 0.25) is 15.9 Å². The van der Waals surface area contributed by atoms with Gasteiger partial charge in [0.25, 0.3) is 0 Å². The summed E-state index contributed by atoms with van der Waals surface area (Å²) in [4.78, 5) is 15.1. The number of piperazine rings is 1. The molecular formula is C19H20ClFN2O3S2. The molecule has 0 unspecified atom stereocenters. The monoisotopic (exact) mass is 442 g/mol. The van der Waals surface area contributed by atoms with E-state index >= 15 is 0 Å². The zero-order chi connectivity index (χ0) is 20.3. The maximum Gasteiger partial charge on any atom is 0.243 e. The fourth-order valence-electron chi connectivity index (χ4n) is 2.91. The number of aryl methyl sites for hydroxylation is 1. The Labute approximate surface area is 173 Å². The third-order valence-corrected chi connectivity index (χ3v) is 7.63. The van der Waals surface area contributed by atoms with E-state index in [1.165, 1.54) is 22.1 Å². The number of sulfonamides is 1. The molecule has 150 valence electrons. The van der Waals surface area contributed by atoms with Crippen molar-refractivity contribution in [2.45, 2.75) is 16.7 Å². The molecule has 1 amide bonds. The number of amides is 1. The summed E-state index contributed by atoms with van der Waals surface area (Å²) in [6, 6.07) is 11.3. The van der Waals surface area contributed by atoms with Gasteiger partial charge in [0.1, 0.15) is 5.82 Å². The van der Waals surface area contributed by atoms with Crippen LogP contribution in [-0.4, -0.2) is 55.5 Å². The van der Waals surface area contributed by atoms with Gasteiger partial charge in [0.15, 0.2) is 0 Å². The number of carbonyl (C=O) groups excluding carboxylic acids is 1. The lowest BCUT2D eigenvalue weighted by atomic mass is 10.2. The quantitative estimate of drug-likeness (QED) is 0.666. The van der Waals surface area contributed by atoms with E-state index in [1.54, 1.807) is 4.90 Å². The molecule has 0 atom stereocenters. The fraction of sp³-hybridized carbons (Fsp3) is 0.316. The Kier molecular flexibility index (Phi) is 6.65. The molecule has 1 fully saturated rings. The van der Waals surface area contributed by atoms with Crippen LogP contribution in [0.15, 0.2) is 52.3 Å². The van der Waals surface area contributed by atoms with Crippen molar-refractivity contribution < 1.29 is 17.6 Å². The summed E-state index contributed by atoms with van der Waals surface area (Å²) in [6.07, 6.45) is 0. The summed E-state index contributed by atoms with van der Waals surface area (Å²) in [6.45, 7) is 3.03. The molecule has 2 aromatic carbocycles. The third-order valence-electron chi connectivity index (χ3n) is 4.47. The van der Waals surface area contributed by atoms with Crippen LogP contribution in [0.25, 0.3) is 0 Å². The number of carbonyl (C=O) groups is 1. The molecule has 0 bridgehead atoms. The number of hydrogen-bond donors (Lipinski definition) is 0. The number of benzene rings is 2. The van der Waals surface area contributed by atoms with Gasteiger partial charge in [-0.3, -0.25) is 4.79 Å². The number of rotatable bonds is 5. The number of hydrogen-bond acceptors (Lipinski definition) is 4. The molecule has 0 aliphatic carbocycles. The summed E-state index contributed by atoms with van der Waals surface area (Å²) in [5.41, 5.74) is 1.14. The first-order valence-corrected chi connectivity index (χ1v) is 11.5. The van der Waals surface area contributed by atoms with Crippen molar-refractivity contribution in [2.75, 3.05) is 31.9 Å². The molecule has 5 nitrogen and oxygen atoms in total. The van der Waals surface area contributed by atoms with Crippen molar-refractivity contribution >= 4 is 39.3 Å².